The van der Waals surface area contributed by atoms with Crippen molar-refractivity contribution in [3.63, 3.8) is 0 Å². The zero-order chi connectivity index (χ0) is 22.4. The average Bonchev–Trinajstić information content (AvgIpc) is 2.75. The number of likely N-dealkylation sites (tertiary alicyclic amines) is 1. The first-order chi connectivity index (χ1) is 14.8. The van der Waals surface area contributed by atoms with Gasteiger partial charge < -0.3 is 15.0 Å². The number of aryl methyl sites for hydroxylation is 1. The van der Waals surface area contributed by atoms with Crippen molar-refractivity contribution in [2.24, 2.45) is 0 Å². The molecule has 168 valence electrons. The number of ether oxygens (including phenoxy) is 1. The summed E-state index contributed by atoms with van der Waals surface area (Å²) in [5, 5.41) is 3.02. The summed E-state index contributed by atoms with van der Waals surface area (Å²) in [5.74, 6) is 0.341. The van der Waals surface area contributed by atoms with Crippen molar-refractivity contribution in [1.29, 1.82) is 0 Å². The van der Waals surface area contributed by atoms with Gasteiger partial charge in [0.05, 0.1) is 18.6 Å². The standard InChI is InChI=1S/C23H31N3O4S/c1-18-15-21(9-10-22(18)30-3)31(28,29)26(16-19-7-5-4-6-8-19)17-23(27)24-20-11-13-25(2)14-12-20/h4-10,15,20H,11-14,16-17H2,1-3H3,(H,24,27). The van der Waals surface area contributed by atoms with Gasteiger partial charge in [-0.25, -0.2) is 8.42 Å². The molecule has 1 heterocycles. The van der Waals surface area contributed by atoms with E-state index in [0.29, 0.717) is 5.75 Å². The van der Waals surface area contributed by atoms with Gasteiger partial charge in [0.15, 0.2) is 0 Å². The van der Waals surface area contributed by atoms with Crippen molar-refractivity contribution in [2.75, 3.05) is 33.8 Å². The molecule has 0 atom stereocenters. The van der Waals surface area contributed by atoms with E-state index in [1.165, 1.54) is 10.4 Å². The van der Waals surface area contributed by atoms with E-state index < -0.39 is 10.0 Å². The summed E-state index contributed by atoms with van der Waals surface area (Å²) in [7, 11) is -0.277. The van der Waals surface area contributed by atoms with E-state index in [4.69, 9.17) is 4.74 Å². The van der Waals surface area contributed by atoms with Crippen LogP contribution < -0.4 is 10.1 Å². The van der Waals surface area contributed by atoms with Crippen LogP contribution in [0.3, 0.4) is 0 Å². The molecular weight excluding hydrogens is 414 g/mol. The van der Waals surface area contributed by atoms with Crippen LogP contribution in [0.2, 0.25) is 0 Å². The summed E-state index contributed by atoms with van der Waals surface area (Å²) in [6, 6.07) is 14.1. The molecule has 0 radical (unpaired) electrons. The minimum Gasteiger partial charge on any atom is -0.496 e. The SMILES string of the molecule is COc1ccc(S(=O)(=O)N(CC(=O)NC2CCN(C)CC2)Cc2ccccc2)cc1C. The maximum Gasteiger partial charge on any atom is 0.243 e. The summed E-state index contributed by atoms with van der Waals surface area (Å²) in [6.45, 7) is 3.53. The second kappa shape index (κ2) is 10.3. The highest BCUT2D eigenvalue weighted by molar-refractivity contribution is 7.89. The Balaban J connectivity index is 1.81. The Morgan fingerprint density at radius 3 is 2.45 bits per heavy atom. The van der Waals surface area contributed by atoms with Crippen molar-refractivity contribution < 1.29 is 17.9 Å². The molecular formula is C23H31N3O4S. The number of carbonyl (C=O) groups excluding carboxylic acids is 1. The minimum absolute atomic E-state index is 0.0770. The fraction of sp³-hybridized carbons (Fsp3) is 0.435. The summed E-state index contributed by atoms with van der Waals surface area (Å²) in [4.78, 5) is 15.2. The molecule has 1 fully saturated rings. The molecule has 0 saturated carbocycles. The fourth-order valence-corrected chi connectivity index (χ4v) is 5.23. The van der Waals surface area contributed by atoms with E-state index in [-0.39, 0.29) is 29.9 Å². The fourth-order valence-electron chi connectivity index (χ4n) is 3.76. The van der Waals surface area contributed by atoms with Gasteiger partial charge in [0, 0.05) is 12.6 Å². The van der Waals surface area contributed by atoms with Gasteiger partial charge in [-0.3, -0.25) is 4.79 Å². The van der Waals surface area contributed by atoms with Gasteiger partial charge in [0.1, 0.15) is 5.75 Å². The second-order valence-electron chi connectivity index (χ2n) is 8.04. The number of carbonyl (C=O) groups is 1. The zero-order valence-electron chi connectivity index (χ0n) is 18.4. The van der Waals surface area contributed by atoms with Crippen LogP contribution in [0, 0.1) is 6.92 Å². The molecule has 0 aliphatic carbocycles. The van der Waals surface area contributed by atoms with E-state index in [0.717, 1.165) is 37.1 Å². The van der Waals surface area contributed by atoms with Gasteiger partial charge >= 0.3 is 0 Å². The van der Waals surface area contributed by atoms with Crippen LogP contribution in [0.25, 0.3) is 0 Å². The molecule has 0 unspecified atom stereocenters. The van der Waals surface area contributed by atoms with E-state index in [1.54, 1.807) is 26.2 Å². The molecule has 0 aromatic heterocycles. The number of hydrogen-bond donors (Lipinski definition) is 1. The van der Waals surface area contributed by atoms with Crippen LogP contribution in [0.4, 0.5) is 0 Å². The third-order valence-electron chi connectivity index (χ3n) is 5.61. The molecule has 31 heavy (non-hydrogen) atoms. The first-order valence-electron chi connectivity index (χ1n) is 10.5. The maximum absolute atomic E-state index is 13.5. The lowest BCUT2D eigenvalue weighted by Gasteiger charge is -2.30. The van der Waals surface area contributed by atoms with Crippen LogP contribution in [0.5, 0.6) is 5.75 Å². The number of nitrogens with zero attached hydrogens (tertiary/aromatic N) is 2. The smallest absolute Gasteiger partial charge is 0.243 e. The Labute approximate surface area is 185 Å². The van der Waals surface area contributed by atoms with Crippen LogP contribution in [-0.2, 0) is 21.4 Å². The van der Waals surface area contributed by atoms with E-state index >= 15 is 0 Å². The molecule has 1 N–H and O–H groups in total. The summed E-state index contributed by atoms with van der Waals surface area (Å²) < 4.78 is 33.4. The van der Waals surface area contributed by atoms with Gasteiger partial charge in [0.25, 0.3) is 0 Å². The molecule has 7 nitrogen and oxygen atoms in total. The lowest BCUT2D eigenvalue weighted by Crippen LogP contribution is -2.47. The molecule has 1 aliphatic heterocycles. The number of rotatable bonds is 8. The normalized spacial score (nSPS) is 15.7. The third-order valence-corrected chi connectivity index (χ3v) is 7.40. The number of piperidine rings is 1. The lowest BCUT2D eigenvalue weighted by molar-refractivity contribution is -0.122. The van der Waals surface area contributed by atoms with Gasteiger partial charge in [-0.2, -0.15) is 4.31 Å². The Kier molecular flexibility index (Phi) is 7.69. The van der Waals surface area contributed by atoms with Gasteiger partial charge in [-0.1, -0.05) is 30.3 Å². The quantitative estimate of drug-likeness (QED) is 0.675. The number of sulfonamides is 1. The van der Waals surface area contributed by atoms with E-state index in [1.807, 2.05) is 30.3 Å². The van der Waals surface area contributed by atoms with Crippen molar-refractivity contribution in [1.82, 2.24) is 14.5 Å². The van der Waals surface area contributed by atoms with Crippen molar-refractivity contribution in [3.8, 4) is 5.75 Å². The Morgan fingerprint density at radius 1 is 1.16 bits per heavy atom. The second-order valence-corrected chi connectivity index (χ2v) is 9.97. The van der Waals surface area contributed by atoms with Gasteiger partial charge in [-0.05, 0) is 69.2 Å². The van der Waals surface area contributed by atoms with E-state index in [9.17, 15) is 13.2 Å². The molecule has 1 amide bonds. The molecule has 8 heteroatoms. The highest BCUT2D eigenvalue weighted by Crippen LogP contribution is 2.25. The number of hydrogen-bond acceptors (Lipinski definition) is 5. The number of nitrogens with one attached hydrogen (secondary N) is 1. The lowest BCUT2D eigenvalue weighted by atomic mass is 10.1. The van der Waals surface area contributed by atoms with Crippen molar-refractivity contribution in [2.45, 2.75) is 37.2 Å². The summed E-state index contributed by atoms with van der Waals surface area (Å²) in [5.41, 5.74) is 1.54. The molecule has 1 saturated heterocycles. The molecule has 0 spiro atoms. The number of amides is 1. The zero-order valence-corrected chi connectivity index (χ0v) is 19.2. The average molecular weight is 446 g/mol. The molecule has 1 aliphatic rings. The van der Waals surface area contributed by atoms with Crippen LogP contribution in [0.1, 0.15) is 24.0 Å². The van der Waals surface area contributed by atoms with Crippen molar-refractivity contribution in [3.05, 3.63) is 59.7 Å². The highest BCUT2D eigenvalue weighted by Gasteiger charge is 2.28. The summed E-state index contributed by atoms with van der Waals surface area (Å²) in [6.07, 6.45) is 1.73. The minimum atomic E-state index is -3.88. The highest BCUT2D eigenvalue weighted by atomic mass is 32.2. The number of methoxy groups -OCH3 is 1. The topological polar surface area (TPSA) is 79.0 Å². The van der Waals surface area contributed by atoms with Crippen LogP contribution in [0.15, 0.2) is 53.4 Å². The Morgan fingerprint density at radius 2 is 1.84 bits per heavy atom. The first kappa shape index (κ1) is 23.2. The summed E-state index contributed by atoms with van der Waals surface area (Å²) >= 11 is 0. The number of benzene rings is 2. The molecule has 0 bridgehead atoms. The Bertz CT molecular complexity index is 987. The maximum atomic E-state index is 13.5. The largest absolute Gasteiger partial charge is 0.496 e. The first-order valence-corrected chi connectivity index (χ1v) is 11.9. The monoisotopic (exact) mass is 445 g/mol. The van der Waals surface area contributed by atoms with Crippen LogP contribution in [-0.4, -0.2) is 63.4 Å². The van der Waals surface area contributed by atoms with Crippen molar-refractivity contribution >= 4 is 15.9 Å². The molecule has 2 aromatic carbocycles. The van der Waals surface area contributed by atoms with Gasteiger partial charge in [-0.15, -0.1) is 0 Å². The van der Waals surface area contributed by atoms with E-state index in [2.05, 4.69) is 17.3 Å². The predicted molar refractivity (Wildman–Crippen MR) is 120 cm³/mol. The molecule has 3 rings (SSSR count). The van der Waals surface area contributed by atoms with Gasteiger partial charge in [0.2, 0.25) is 15.9 Å². The molecule has 2 aromatic rings. The van der Waals surface area contributed by atoms with Crippen LogP contribution >= 0.6 is 0 Å². The predicted octanol–water partition coefficient (Wildman–Crippen LogP) is 2.40. The third kappa shape index (κ3) is 6.06. The Hall–Kier alpha value is -2.42.